The molecule has 4 heterocycles. The van der Waals surface area contributed by atoms with E-state index >= 15 is 0 Å². The highest BCUT2D eigenvalue weighted by atomic mass is 16.5. The number of aromatic nitrogens is 8. The van der Waals surface area contributed by atoms with Crippen molar-refractivity contribution in [1.29, 1.82) is 0 Å². The van der Waals surface area contributed by atoms with E-state index in [2.05, 4.69) is 25.3 Å². The SMILES string of the molecule is CCn1cc(-n2ccc(=O)c(C(C)c3cccc(-c4ncc(OCCn5cccn5)cn4)c3)n2)cn1. The number of hydrogen-bond donors (Lipinski definition) is 0. The van der Waals surface area contributed by atoms with Crippen molar-refractivity contribution in [3.8, 4) is 22.8 Å². The molecule has 0 aliphatic heterocycles. The number of ether oxygens (including phenoxy) is 1. The van der Waals surface area contributed by atoms with Gasteiger partial charge in [-0.05, 0) is 24.6 Å². The summed E-state index contributed by atoms with van der Waals surface area (Å²) < 4.78 is 11.0. The maximum Gasteiger partial charge on any atom is 0.203 e. The van der Waals surface area contributed by atoms with Crippen molar-refractivity contribution in [2.75, 3.05) is 6.61 Å². The van der Waals surface area contributed by atoms with Gasteiger partial charge in [0.25, 0.3) is 0 Å². The van der Waals surface area contributed by atoms with Crippen LogP contribution in [0.1, 0.15) is 31.0 Å². The minimum atomic E-state index is -0.226. The molecule has 5 rings (SSSR count). The second kappa shape index (κ2) is 10.3. The second-order valence-electron chi connectivity index (χ2n) is 8.27. The van der Waals surface area contributed by atoms with Gasteiger partial charge in [0.15, 0.2) is 11.6 Å². The molecule has 36 heavy (non-hydrogen) atoms. The quantitative estimate of drug-likeness (QED) is 0.317. The molecule has 10 heteroatoms. The van der Waals surface area contributed by atoms with Gasteiger partial charge in [0.05, 0.1) is 31.3 Å². The van der Waals surface area contributed by atoms with Crippen LogP contribution in [0.5, 0.6) is 5.75 Å². The Kier molecular flexibility index (Phi) is 6.65. The lowest BCUT2D eigenvalue weighted by Gasteiger charge is -2.13. The molecule has 0 aliphatic carbocycles. The maximum atomic E-state index is 12.7. The fourth-order valence-electron chi connectivity index (χ4n) is 3.84. The van der Waals surface area contributed by atoms with Gasteiger partial charge in [0.2, 0.25) is 5.43 Å². The molecule has 0 saturated heterocycles. The Hall–Kier alpha value is -4.60. The van der Waals surface area contributed by atoms with Crippen molar-refractivity contribution < 1.29 is 4.74 Å². The molecule has 0 spiro atoms. The number of hydrogen-bond acceptors (Lipinski definition) is 7. The molecule has 0 saturated carbocycles. The van der Waals surface area contributed by atoms with Crippen molar-refractivity contribution in [2.24, 2.45) is 0 Å². The molecular weight excluding hydrogens is 456 g/mol. The van der Waals surface area contributed by atoms with E-state index in [-0.39, 0.29) is 11.3 Å². The largest absolute Gasteiger partial charge is 0.488 e. The summed E-state index contributed by atoms with van der Waals surface area (Å²) in [6.07, 6.45) is 12.2. The van der Waals surface area contributed by atoms with Crippen LogP contribution in [0.4, 0.5) is 0 Å². The van der Waals surface area contributed by atoms with Crippen molar-refractivity contribution in [3.63, 3.8) is 0 Å². The molecule has 182 valence electrons. The molecule has 0 fully saturated rings. The summed E-state index contributed by atoms with van der Waals surface area (Å²) in [7, 11) is 0. The van der Waals surface area contributed by atoms with E-state index in [0.717, 1.165) is 23.4 Å². The molecule has 0 aliphatic rings. The van der Waals surface area contributed by atoms with E-state index < -0.39 is 0 Å². The van der Waals surface area contributed by atoms with Crippen LogP contribution in [-0.2, 0) is 13.1 Å². The topological polar surface area (TPSA) is 106 Å². The van der Waals surface area contributed by atoms with Gasteiger partial charge in [-0.2, -0.15) is 15.3 Å². The van der Waals surface area contributed by atoms with Crippen molar-refractivity contribution in [1.82, 2.24) is 39.3 Å². The van der Waals surface area contributed by atoms with E-state index in [1.165, 1.54) is 0 Å². The Morgan fingerprint density at radius 3 is 2.61 bits per heavy atom. The molecule has 0 bridgehead atoms. The van der Waals surface area contributed by atoms with Crippen molar-refractivity contribution in [2.45, 2.75) is 32.9 Å². The molecule has 5 aromatic rings. The summed E-state index contributed by atoms with van der Waals surface area (Å²) in [5.41, 5.74) is 2.95. The van der Waals surface area contributed by atoms with E-state index in [0.29, 0.717) is 30.4 Å². The van der Waals surface area contributed by atoms with Crippen LogP contribution >= 0.6 is 0 Å². The van der Waals surface area contributed by atoms with E-state index in [4.69, 9.17) is 4.74 Å². The fourth-order valence-corrected chi connectivity index (χ4v) is 3.84. The van der Waals surface area contributed by atoms with Crippen molar-refractivity contribution in [3.05, 3.63) is 101 Å². The van der Waals surface area contributed by atoms with Gasteiger partial charge in [0, 0.05) is 42.7 Å². The monoisotopic (exact) mass is 482 g/mol. The molecule has 1 unspecified atom stereocenters. The van der Waals surface area contributed by atoms with Gasteiger partial charge < -0.3 is 4.74 Å². The number of aryl methyl sites for hydroxylation is 1. The minimum absolute atomic E-state index is 0.111. The standard InChI is InChI=1S/C26H26N8O2/c1-3-32-18-22(15-30-32)34-11-8-24(35)25(31-34)19(2)20-6-4-7-21(14-20)26-27-16-23(17-28-26)36-13-12-33-10-5-9-29-33/h4-11,14-19H,3,12-13H2,1-2H3. The summed E-state index contributed by atoms with van der Waals surface area (Å²) in [5, 5.41) is 13.1. The minimum Gasteiger partial charge on any atom is -0.488 e. The zero-order valence-electron chi connectivity index (χ0n) is 20.1. The van der Waals surface area contributed by atoms with E-state index in [1.807, 2.05) is 61.3 Å². The summed E-state index contributed by atoms with van der Waals surface area (Å²) in [6, 6.07) is 11.3. The van der Waals surface area contributed by atoms with Gasteiger partial charge >= 0.3 is 0 Å². The summed E-state index contributed by atoms with van der Waals surface area (Å²) in [6.45, 7) is 5.86. The van der Waals surface area contributed by atoms with Gasteiger partial charge in [-0.1, -0.05) is 25.1 Å². The average Bonchev–Trinajstić information content (AvgIpc) is 3.62. The third-order valence-electron chi connectivity index (χ3n) is 5.87. The fraction of sp³-hybridized carbons (Fsp3) is 0.231. The second-order valence-corrected chi connectivity index (χ2v) is 8.27. The summed E-state index contributed by atoms with van der Waals surface area (Å²) in [5.74, 6) is 0.945. The van der Waals surface area contributed by atoms with Crippen LogP contribution in [0.2, 0.25) is 0 Å². The number of nitrogens with zero attached hydrogens (tertiary/aromatic N) is 8. The lowest BCUT2D eigenvalue weighted by Crippen LogP contribution is -2.18. The van der Waals surface area contributed by atoms with Gasteiger partial charge in [-0.15, -0.1) is 0 Å². The smallest absolute Gasteiger partial charge is 0.203 e. The molecule has 10 nitrogen and oxygen atoms in total. The summed E-state index contributed by atoms with van der Waals surface area (Å²) in [4.78, 5) is 21.6. The van der Waals surface area contributed by atoms with Crippen LogP contribution in [0.15, 0.2) is 84.6 Å². The predicted molar refractivity (Wildman–Crippen MR) is 134 cm³/mol. The van der Waals surface area contributed by atoms with Gasteiger partial charge in [0.1, 0.15) is 18.0 Å². The van der Waals surface area contributed by atoms with Crippen LogP contribution < -0.4 is 10.2 Å². The van der Waals surface area contributed by atoms with Crippen LogP contribution in [-0.4, -0.2) is 45.9 Å². The maximum absolute atomic E-state index is 12.7. The molecule has 1 aromatic carbocycles. The first-order valence-corrected chi connectivity index (χ1v) is 11.8. The first kappa shape index (κ1) is 23.2. The Bertz CT molecular complexity index is 1490. The zero-order valence-corrected chi connectivity index (χ0v) is 20.1. The Balaban J connectivity index is 1.32. The molecule has 0 amide bonds. The molecule has 0 N–H and O–H groups in total. The third-order valence-corrected chi connectivity index (χ3v) is 5.87. The van der Waals surface area contributed by atoms with Crippen LogP contribution in [0.25, 0.3) is 17.1 Å². The Morgan fingerprint density at radius 1 is 1.00 bits per heavy atom. The molecule has 0 radical (unpaired) electrons. The van der Waals surface area contributed by atoms with Crippen LogP contribution in [0.3, 0.4) is 0 Å². The normalized spacial score (nSPS) is 11.9. The highest BCUT2D eigenvalue weighted by Gasteiger charge is 2.16. The Labute approximate surface area is 207 Å². The first-order chi connectivity index (χ1) is 17.6. The van der Waals surface area contributed by atoms with Crippen LogP contribution in [0, 0.1) is 0 Å². The highest BCUT2D eigenvalue weighted by Crippen LogP contribution is 2.25. The summed E-state index contributed by atoms with van der Waals surface area (Å²) >= 11 is 0. The molecular formula is C26H26N8O2. The van der Waals surface area contributed by atoms with E-state index in [1.54, 1.807) is 46.4 Å². The molecule has 4 aromatic heterocycles. The highest BCUT2D eigenvalue weighted by molar-refractivity contribution is 5.57. The molecule has 1 atom stereocenters. The number of benzene rings is 1. The number of rotatable bonds is 9. The van der Waals surface area contributed by atoms with Gasteiger partial charge in [-0.3, -0.25) is 14.2 Å². The Morgan fingerprint density at radius 2 is 1.86 bits per heavy atom. The lowest BCUT2D eigenvalue weighted by molar-refractivity contribution is 0.289. The predicted octanol–water partition coefficient (Wildman–Crippen LogP) is 3.33. The first-order valence-electron chi connectivity index (χ1n) is 11.8. The van der Waals surface area contributed by atoms with Gasteiger partial charge in [-0.25, -0.2) is 14.6 Å². The third kappa shape index (κ3) is 5.07. The average molecular weight is 483 g/mol. The zero-order chi connectivity index (χ0) is 24.9. The van der Waals surface area contributed by atoms with Crippen molar-refractivity contribution >= 4 is 0 Å². The lowest BCUT2D eigenvalue weighted by atomic mass is 9.95. The van der Waals surface area contributed by atoms with E-state index in [9.17, 15) is 4.79 Å².